The van der Waals surface area contributed by atoms with Crippen LogP contribution >= 0.6 is 0 Å². The summed E-state index contributed by atoms with van der Waals surface area (Å²) in [5.41, 5.74) is 1.42. The van der Waals surface area contributed by atoms with Crippen molar-refractivity contribution >= 4 is 40.8 Å². The SMILES string of the molecule is CC(=O)OC[C@H]1O[C@@H](n2cnc3c(NCCc4ccccc4)nc(N(O)O)nc32)[C@H](OC(C)=O)[C@@H]1OC(C)=O. The number of esters is 3. The smallest absolute Gasteiger partial charge is 0.303 e. The first-order valence-electron chi connectivity index (χ1n) is 12.0. The van der Waals surface area contributed by atoms with Gasteiger partial charge in [-0.1, -0.05) is 35.6 Å². The summed E-state index contributed by atoms with van der Waals surface area (Å²) >= 11 is 0. The summed E-state index contributed by atoms with van der Waals surface area (Å²) in [4.78, 5) is 47.9. The molecule has 1 saturated heterocycles. The molecule has 0 bridgehead atoms. The first-order chi connectivity index (χ1) is 18.6. The Balaban J connectivity index is 1.70. The average molecular weight is 545 g/mol. The molecule has 0 spiro atoms. The molecule has 39 heavy (non-hydrogen) atoms. The van der Waals surface area contributed by atoms with Crippen LogP contribution in [0.15, 0.2) is 36.7 Å². The number of nitrogens with one attached hydrogen (secondary N) is 1. The van der Waals surface area contributed by atoms with Crippen LogP contribution < -0.4 is 10.5 Å². The Hall–Kier alpha value is -4.34. The molecule has 15 heteroatoms. The predicted octanol–water partition coefficient (Wildman–Crippen LogP) is 1.39. The highest BCUT2D eigenvalue weighted by atomic mass is 16.8. The molecule has 1 aliphatic heterocycles. The zero-order chi connectivity index (χ0) is 28.1. The van der Waals surface area contributed by atoms with Crippen molar-refractivity contribution < 1.29 is 43.7 Å². The fourth-order valence-electron chi connectivity index (χ4n) is 4.19. The molecule has 4 rings (SSSR count). The quantitative estimate of drug-likeness (QED) is 0.189. The number of fused-ring (bicyclic) bond motifs is 1. The van der Waals surface area contributed by atoms with E-state index in [9.17, 15) is 24.8 Å². The highest BCUT2D eigenvalue weighted by Gasteiger charge is 2.51. The van der Waals surface area contributed by atoms with E-state index >= 15 is 0 Å². The van der Waals surface area contributed by atoms with Gasteiger partial charge in [0, 0.05) is 27.3 Å². The van der Waals surface area contributed by atoms with E-state index in [-0.39, 0.29) is 28.8 Å². The van der Waals surface area contributed by atoms with Gasteiger partial charge in [0.05, 0.1) is 6.33 Å². The van der Waals surface area contributed by atoms with Crippen LogP contribution in [0.2, 0.25) is 0 Å². The second kappa shape index (κ2) is 12.0. The van der Waals surface area contributed by atoms with Crippen molar-refractivity contribution in [3.63, 3.8) is 0 Å². The van der Waals surface area contributed by atoms with Gasteiger partial charge in [0.1, 0.15) is 12.7 Å². The number of imidazole rings is 1. The molecule has 3 N–H and O–H groups in total. The third-order valence-corrected chi connectivity index (χ3v) is 5.75. The van der Waals surface area contributed by atoms with Crippen molar-refractivity contribution in [1.29, 1.82) is 0 Å². The molecule has 0 saturated carbocycles. The number of carbonyl (C=O) groups excluding carboxylic acids is 3. The Morgan fingerprint density at radius 3 is 2.36 bits per heavy atom. The standard InChI is InChI=1S/C24H28N6O9/c1-13(31)36-11-17-19(37-14(2)32)20(38-15(3)33)23(39-17)29-12-26-18-21(27-24(30(34)35)28-22(18)29)25-10-9-16-7-5-4-6-8-16/h4-8,12,17,19-20,23,34-35H,9-11H2,1-3H3,(H,25,27,28)/t17-,19-,20-,23-/m1/s1. The number of aromatic nitrogens is 4. The van der Waals surface area contributed by atoms with Crippen molar-refractivity contribution in [2.75, 3.05) is 23.7 Å². The van der Waals surface area contributed by atoms with E-state index < -0.39 is 48.4 Å². The first kappa shape index (κ1) is 27.7. The van der Waals surface area contributed by atoms with Crippen molar-refractivity contribution in [3.05, 3.63) is 42.2 Å². The Bertz CT molecular complexity index is 1330. The number of rotatable bonds is 10. The van der Waals surface area contributed by atoms with Crippen molar-refractivity contribution in [2.45, 2.75) is 51.7 Å². The minimum atomic E-state index is -1.18. The van der Waals surface area contributed by atoms with E-state index in [1.165, 1.54) is 31.7 Å². The Morgan fingerprint density at radius 1 is 1.03 bits per heavy atom. The molecule has 2 aromatic heterocycles. The second-order valence-electron chi connectivity index (χ2n) is 8.66. The maximum absolute atomic E-state index is 12.0. The van der Waals surface area contributed by atoms with Crippen molar-refractivity contribution in [2.24, 2.45) is 0 Å². The van der Waals surface area contributed by atoms with Gasteiger partial charge in [-0.05, 0) is 12.0 Å². The van der Waals surface area contributed by atoms with Gasteiger partial charge >= 0.3 is 17.9 Å². The lowest BCUT2D eigenvalue weighted by Crippen LogP contribution is -2.40. The molecule has 0 radical (unpaired) electrons. The van der Waals surface area contributed by atoms with Gasteiger partial charge in [0.15, 0.2) is 35.4 Å². The van der Waals surface area contributed by atoms with E-state index in [1.54, 1.807) is 0 Å². The number of hydrogen-bond acceptors (Lipinski definition) is 14. The van der Waals surface area contributed by atoms with Crippen LogP contribution in [0.25, 0.3) is 11.2 Å². The van der Waals surface area contributed by atoms with Gasteiger partial charge in [-0.15, -0.1) is 0 Å². The Labute approximate surface area is 222 Å². The first-order valence-corrected chi connectivity index (χ1v) is 12.0. The fraction of sp³-hybridized carbons (Fsp3) is 0.417. The van der Waals surface area contributed by atoms with E-state index in [4.69, 9.17) is 18.9 Å². The lowest BCUT2D eigenvalue weighted by molar-refractivity contribution is -0.166. The molecule has 3 heterocycles. The monoisotopic (exact) mass is 544 g/mol. The molecule has 1 aromatic carbocycles. The Kier molecular flexibility index (Phi) is 8.53. The lowest BCUT2D eigenvalue weighted by atomic mass is 10.1. The largest absolute Gasteiger partial charge is 0.463 e. The third-order valence-electron chi connectivity index (χ3n) is 5.75. The molecule has 1 fully saturated rings. The van der Waals surface area contributed by atoms with Gasteiger partial charge < -0.3 is 24.3 Å². The molecule has 1 aliphatic rings. The van der Waals surface area contributed by atoms with Gasteiger partial charge in [-0.2, -0.15) is 9.97 Å². The molecule has 0 amide bonds. The summed E-state index contributed by atoms with van der Waals surface area (Å²) in [5.74, 6) is -2.21. The second-order valence-corrected chi connectivity index (χ2v) is 8.66. The minimum absolute atomic E-state index is 0.0900. The summed E-state index contributed by atoms with van der Waals surface area (Å²) in [5, 5.41) is 22.2. The number of carbonyl (C=O) groups is 3. The van der Waals surface area contributed by atoms with Gasteiger partial charge in [-0.25, -0.2) is 4.98 Å². The summed E-state index contributed by atoms with van der Waals surface area (Å²) in [6.07, 6.45) is -2.48. The van der Waals surface area contributed by atoms with Crippen LogP contribution in [0.1, 0.15) is 32.6 Å². The van der Waals surface area contributed by atoms with Crippen LogP contribution in [-0.2, 0) is 39.8 Å². The lowest BCUT2D eigenvalue weighted by Gasteiger charge is -2.23. The molecule has 15 nitrogen and oxygen atoms in total. The Morgan fingerprint density at radius 2 is 1.72 bits per heavy atom. The average Bonchev–Trinajstić information content (AvgIpc) is 3.44. The molecular weight excluding hydrogens is 516 g/mol. The fourth-order valence-corrected chi connectivity index (χ4v) is 4.19. The van der Waals surface area contributed by atoms with Crippen LogP contribution in [-0.4, -0.2) is 79.3 Å². The van der Waals surface area contributed by atoms with E-state index in [2.05, 4.69) is 20.3 Å². The van der Waals surface area contributed by atoms with Gasteiger partial charge in [0.25, 0.3) is 5.95 Å². The molecule has 4 atom stereocenters. The number of benzene rings is 1. The molecule has 208 valence electrons. The summed E-state index contributed by atoms with van der Waals surface area (Å²) < 4.78 is 23.3. The van der Waals surface area contributed by atoms with Crippen LogP contribution in [0, 0.1) is 0 Å². The van der Waals surface area contributed by atoms with Crippen LogP contribution in [0.5, 0.6) is 0 Å². The molecule has 0 aliphatic carbocycles. The number of hydrogen-bond donors (Lipinski definition) is 3. The predicted molar refractivity (Wildman–Crippen MR) is 132 cm³/mol. The summed E-state index contributed by atoms with van der Waals surface area (Å²) in [6, 6.07) is 9.70. The van der Waals surface area contributed by atoms with Crippen molar-refractivity contribution in [3.8, 4) is 0 Å². The normalized spacial score (nSPS) is 20.4. The van der Waals surface area contributed by atoms with E-state index in [0.29, 0.717) is 13.0 Å². The highest BCUT2D eigenvalue weighted by Crippen LogP contribution is 2.37. The van der Waals surface area contributed by atoms with E-state index in [0.717, 1.165) is 5.56 Å². The maximum Gasteiger partial charge on any atom is 0.303 e. The topological polar surface area (TPSA) is 187 Å². The van der Waals surface area contributed by atoms with Gasteiger partial charge in [0.2, 0.25) is 0 Å². The molecular formula is C24H28N6O9. The number of anilines is 2. The van der Waals surface area contributed by atoms with Crippen molar-refractivity contribution in [1.82, 2.24) is 19.5 Å². The van der Waals surface area contributed by atoms with Crippen LogP contribution in [0.4, 0.5) is 11.8 Å². The summed E-state index contributed by atoms with van der Waals surface area (Å²) in [6.45, 7) is 3.71. The number of nitrogens with zero attached hydrogens (tertiary/aromatic N) is 5. The van der Waals surface area contributed by atoms with Crippen LogP contribution in [0.3, 0.4) is 0 Å². The summed E-state index contributed by atoms with van der Waals surface area (Å²) in [7, 11) is 0. The third kappa shape index (κ3) is 6.57. The molecule has 3 aromatic rings. The zero-order valence-electron chi connectivity index (χ0n) is 21.4. The zero-order valence-corrected chi connectivity index (χ0v) is 21.4. The number of ether oxygens (including phenoxy) is 4. The maximum atomic E-state index is 12.0. The highest BCUT2D eigenvalue weighted by molar-refractivity contribution is 5.84. The molecule has 0 unspecified atom stereocenters. The van der Waals surface area contributed by atoms with Gasteiger partial charge in [-0.3, -0.25) is 29.4 Å². The minimum Gasteiger partial charge on any atom is -0.463 e. The van der Waals surface area contributed by atoms with E-state index in [1.807, 2.05) is 30.3 Å².